The number of fused-ring (bicyclic) bond motifs is 2. The topological polar surface area (TPSA) is 84.6 Å². The Morgan fingerprint density at radius 1 is 1.42 bits per heavy atom. The quantitative estimate of drug-likeness (QED) is 0.656. The third-order valence-electron chi connectivity index (χ3n) is 6.21. The predicted octanol–water partition coefficient (Wildman–Crippen LogP) is 4.18. The smallest absolute Gasteiger partial charge is 0.267 e. The molecule has 2 aliphatic carbocycles. The van der Waals surface area contributed by atoms with Crippen molar-refractivity contribution in [1.82, 2.24) is 5.43 Å². The lowest BCUT2D eigenvalue weighted by Crippen LogP contribution is -2.34. The highest BCUT2D eigenvalue weighted by atomic mass is 35.5. The minimum Gasteiger partial charge on any atom is -0.267 e. The van der Waals surface area contributed by atoms with Gasteiger partial charge in [-0.1, -0.05) is 32.4 Å². The molecule has 0 aromatic heterocycles. The number of hydrazone groups is 1. The summed E-state index contributed by atoms with van der Waals surface area (Å²) in [5, 5.41) is 15.7. The van der Waals surface area contributed by atoms with Gasteiger partial charge in [0.05, 0.1) is 4.92 Å². The van der Waals surface area contributed by atoms with Crippen molar-refractivity contribution in [3.63, 3.8) is 0 Å². The number of nitro groups is 1. The summed E-state index contributed by atoms with van der Waals surface area (Å²) in [5.74, 6) is -0.0157. The standard InChI is InChI=1S/C17H20ClN3O3/c1-16(2)10-6-7-17(16,3)14(8-10)19-20-15(22)12-5-4-11(18)9-13(12)21(23)24/h4-5,9-10H,6-8H2,1-3H3,(H,20,22)/b19-14+/t10-,17+/m0/s1. The van der Waals surface area contributed by atoms with E-state index in [1.165, 1.54) is 24.6 Å². The number of halogens is 1. The van der Waals surface area contributed by atoms with Gasteiger partial charge in [-0.15, -0.1) is 0 Å². The van der Waals surface area contributed by atoms with Crippen LogP contribution in [-0.2, 0) is 0 Å². The summed E-state index contributed by atoms with van der Waals surface area (Å²) in [6.07, 6.45) is 3.10. The molecule has 6 nitrogen and oxygen atoms in total. The van der Waals surface area contributed by atoms with Gasteiger partial charge in [0.1, 0.15) is 5.56 Å². The molecule has 3 rings (SSSR count). The van der Waals surface area contributed by atoms with Crippen LogP contribution in [-0.4, -0.2) is 16.5 Å². The summed E-state index contributed by atoms with van der Waals surface area (Å²) in [7, 11) is 0. The minimum absolute atomic E-state index is 0.0309. The van der Waals surface area contributed by atoms with E-state index in [4.69, 9.17) is 11.6 Å². The molecular weight excluding hydrogens is 330 g/mol. The Kier molecular flexibility index (Phi) is 3.91. The zero-order chi connectivity index (χ0) is 17.7. The zero-order valence-corrected chi connectivity index (χ0v) is 14.7. The Labute approximate surface area is 145 Å². The lowest BCUT2D eigenvalue weighted by atomic mass is 9.70. The summed E-state index contributed by atoms with van der Waals surface area (Å²) in [6.45, 7) is 6.69. The summed E-state index contributed by atoms with van der Waals surface area (Å²) in [4.78, 5) is 22.8. The van der Waals surface area contributed by atoms with Crippen molar-refractivity contribution in [2.45, 2.75) is 40.0 Å². The van der Waals surface area contributed by atoms with Crippen LogP contribution in [0.2, 0.25) is 5.02 Å². The first-order chi connectivity index (χ1) is 11.2. The molecule has 0 aliphatic heterocycles. The Hall–Kier alpha value is -1.95. The monoisotopic (exact) mass is 349 g/mol. The molecule has 2 aliphatic rings. The Morgan fingerprint density at radius 3 is 2.67 bits per heavy atom. The largest absolute Gasteiger partial charge is 0.283 e. The molecule has 7 heteroatoms. The van der Waals surface area contributed by atoms with Gasteiger partial charge in [0.2, 0.25) is 0 Å². The number of nitro benzene ring substituents is 1. The van der Waals surface area contributed by atoms with Crippen molar-refractivity contribution in [3.8, 4) is 0 Å². The van der Waals surface area contributed by atoms with E-state index in [1.54, 1.807) is 0 Å². The van der Waals surface area contributed by atoms with Gasteiger partial charge in [0, 0.05) is 22.2 Å². The average Bonchev–Trinajstić information content (AvgIpc) is 2.85. The van der Waals surface area contributed by atoms with E-state index < -0.39 is 10.8 Å². The number of benzene rings is 1. The fourth-order valence-electron chi connectivity index (χ4n) is 4.12. The molecule has 1 N–H and O–H groups in total. The van der Waals surface area contributed by atoms with E-state index in [0.29, 0.717) is 5.92 Å². The van der Waals surface area contributed by atoms with Gasteiger partial charge in [-0.3, -0.25) is 14.9 Å². The number of carbonyl (C=O) groups excluding carboxylic acids is 1. The number of amides is 1. The Morgan fingerprint density at radius 2 is 2.12 bits per heavy atom. The molecule has 2 bridgehead atoms. The highest BCUT2D eigenvalue weighted by Gasteiger charge is 2.60. The Balaban J connectivity index is 1.84. The molecule has 0 saturated heterocycles. The van der Waals surface area contributed by atoms with E-state index >= 15 is 0 Å². The number of hydrogen-bond donors (Lipinski definition) is 1. The van der Waals surface area contributed by atoms with E-state index in [9.17, 15) is 14.9 Å². The Bertz CT molecular complexity index is 759. The number of nitrogens with one attached hydrogen (secondary N) is 1. The van der Waals surface area contributed by atoms with E-state index in [0.717, 1.165) is 18.6 Å². The fourth-order valence-corrected chi connectivity index (χ4v) is 4.29. The van der Waals surface area contributed by atoms with Gasteiger partial charge in [0.25, 0.3) is 11.6 Å². The van der Waals surface area contributed by atoms with Crippen LogP contribution in [0, 0.1) is 26.9 Å². The van der Waals surface area contributed by atoms with Crippen molar-refractivity contribution >= 4 is 28.9 Å². The number of hydrogen-bond acceptors (Lipinski definition) is 4. The zero-order valence-electron chi connectivity index (χ0n) is 13.9. The first kappa shape index (κ1) is 16.9. The van der Waals surface area contributed by atoms with Gasteiger partial charge in [-0.25, -0.2) is 5.43 Å². The molecule has 2 fully saturated rings. The molecule has 1 aromatic rings. The molecule has 128 valence electrons. The minimum atomic E-state index is -0.615. The molecule has 0 spiro atoms. The fraction of sp³-hybridized carbons (Fsp3) is 0.529. The molecular formula is C17H20ClN3O3. The van der Waals surface area contributed by atoms with E-state index in [2.05, 4.69) is 31.3 Å². The molecule has 0 heterocycles. The highest BCUT2D eigenvalue weighted by molar-refractivity contribution is 6.31. The van der Waals surface area contributed by atoms with Crippen LogP contribution in [0.4, 0.5) is 5.69 Å². The second-order valence-corrected chi connectivity index (χ2v) is 7.85. The van der Waals surface area contributed by atoms with Crippen molar-refractivity contribution < 1.29 is 9.72 Å². The lowest BCUT2D eigenvalue weighted by molar-refractivity contribution is -0.385. The molecule has 2 atom stereocenters. The van der Waals surface area contributed by atoms with Crippen molar-refractivity contribution in [2.24, 2.45) is 21.8 Å². The van der Waals surface area contributed by atoms with Crippen LogP contribution in [0.25, 0.3) is 0 Å². The van der Waals surface area contributed by atoms with Gasteiger partial charge < -0.3 is 0 Å². The molecule has 0 unspecified atom stereocenters. The second-order valence-electron chi connectivity index (χ2n) is 7.41. The second kappa shape index (κ2) is 5.55. The molecule has 2 saturated carbocycles. The van der Waals surface area contributed by atoms with Crippen LogP contribution in [0.1, 0.15) is 50.4 Å². The maximum atomic E-state index is 12.3. The van der Waals surface area contributed by atoms with Crippen molar-refractivity contribution in [3.05, 3.63) is 38.9 Å². The summed E-state index contributed by atoms with van der Waals surface area (Å²) >= 11 is 5.77. The van der Waals surface area contributed by atoms with Crippen molar-refractivity contribution in [2.75, 3.05) is 0 Å². The summed E-state index contributed by atoms with van der Waals surface area (Å²) < 4.78 is 0. The SMILES string of the molecule is CC1(C)[C@H]2CC[C@]1(C)/C(=N/NC(=O)c1ccc(Cl)cc1[N+](=O)[O-])C2. The molecule has 24 heavy (non-hydrogen) atoms. The lowest BCUT2D eigenvalue weighted by Gasteiger charge is -2.34. The third kappa shape index (κ3) is 2.40. The van der Waals surface area contributed by atoms with Gasteiger partial charge >= 0.3 is 0 Å². The maximum absolute atomic E-state index is 12.3. The van der Waals surface area contributed by atoms with Crippen molar-refractivity contribution in [1.29, 1.82) is 0 Å². The van der Waals surface area contributed by atoms with Gasteiger partial charge in [-0.2, -0.15) is 5.10 Å². The van der Waals surface area contributed by atoms with Gasteiger partial charge in [-0.05, 0) is 42.7 Å². The first-order valence-corrected chi connectivity index (χ1v) is 8.36. The van der Waals surface area contributed by atoms with Crippen LogP contribution in [0.5, 0.6) is 0 Å². The summed E-state index contributed by atoms with van der Waals surface area (Å²) in [6, 6.07) is 3.98. The predicted molar refractivity (Wildman–Crippen MR) is 92.2 cm³/mol. The number of rotatable bonds is 3. The first-order valence-electron chi connectivity index (χ1n) is 7.98. The van der Waals surface area contributed by atoms with Gasteiger partial charge in [0.15, 0.2) is 0 Å². The third-order valence-corrected chi connectivity index (χ3v) is 6.44. The van der Waals surface area contributed by atoms with E-state index in [1.807, 2.05) is 0 Å². The molecule has 1 amide bonds. The number of carbonyl (C=O) groups is 1. The number of nitrogens with zero attached hydrogens (tertiary/aromatic N) is 2. The van der Waals surface area contributed by atoms with Crippen LogP contribution >= 0.6 is 11.6 Å². The van der Waals surface area contributed by atoms with Crippen LogP contribution in [0.3, 0.4) is 0 Å². The van der Waals surface area contributed by atoms with E-state index in [-0.39, 0.29) is 27.1 Å². The average molecular weight is 350 g/mol. The van der Waals surface area contributed by atoms with Crippen LogP contribution in [0.15, 0.2) is 23.3 Å². The highest BCUT2D eigenvalue weighted by Crippen LogP contribution is 2.63. The summed E-state index contributed by atoms with van der Waals surface area (Å²) in [5.41, 5.74) is 3.25. The maximum Gasteiger partial charge on any atom is 0.283 e. The van der Waals surface area contributed by atoms with Crippen LogP contribution < -0.4 is 5.43 Å². The molecule has 1 aromatic carbocycles. The normalized spacial score (nSPS) is 29.0. The molecule has 0 radical (unpaired) electrons.